The average Bonchev–Trinajstić information content (AvgIpc) is 3.30. The van der Waals surface area contributed by atoms with Crippen LogP contribution in [-0.2, 0) is 6.42 Å². The first kappa shape index (κ1) is 20.7. The molecule has 1 aliphatic carbocycles. The molecule has 0 aliphatic heterocycles. The van der Waals surface area contributed by atoms with E-state index in [4.69, 9.17) is 9.47 Å². The van der Waals surface area contributed by atoms with Gasteiger partial charge in [-0.25, -0.2) is 9.18 Å². The van der Waals surface area contributed by atoms with Crippen molar-refractivity contribution in [1.82, 2.24) is 20.4 Å². The van der Waals surface area contributed by atoms with Crippen LogP contribution in [0.15, 0.2) is 36.4 Å². The minimum Gasteiger partial charge on any atom is -0.493 e. The van der Waals surface area contributed by atoms with Crippen molar-refractivity contribution in [3.05, 3.63) is 53.3 Å². The molecule has 9 heteroatoms. The molecule has 1 aliphatic rings. The molecule has 3 aromatic rings. The van der Waals surface area contributed by atoms with Crippen molar-refractivity contribution in [3.8, 4) is 22.8 Å². The third-order valence-corrected chi connectivity index (χ3v) is 5.15. The predicted octanol–water partition coefficient (Wildman–Crippen LogP) is 3.13. The molecule has 2 aromatic carbocycles. The Morgan fingerprint density at radius 1 is 1.16 bits per heavy atom. The van der Waals surface area contributed by atoms with Gasteiger partial charge in [0.2, 0.25) is 0 Å². The Bertz CT molecular complexity index is 1130. The number of nitrogens with one attached hydrogen (secondary N) is 3. The van der Waals surface area contributed by atoms with Crippen LogP contribution in [0.2, 0.25) is 0 Å². The second kappa shape index (κ2) is 8.65. The number of methoxy groups -OCH3 is 2. The summed E-state index contributed by atoms with van der Waals surface area (Å²) >= 11 is 0. The average molecular weight is 425 g/mol. The summed E-state index contributed by atoms with van der Waals surface area (Å²) in [4.78, 5) is 12.9. The van der Waals surface area contributed by atoms with Crippen molar-refractivity contribution in [2.45, 2.75) is 6.42 Å². The van der Waals surface area contributed by atoms with Crippen molar-refractivity contribution in [2.75, 3.05) is 39.7 Å². The van der Waals surface area contributed by atoms with Crippen LogP contribution in [0.3, 0.4) is 0 Å². The van der Waals surface area contributed by atoms with Crippen LogP contribution in [0.1, 0.15) is 11.1 Å². The van der Waals surface area contributed by atoms with Gasteiger partial charge < -0.3 is 25.4 Å². The number of anilines is 2. The highest BCUT2D eigenvalue weighted by atomic mass is 19.1. The van der Waals surface area contributed by atoms with Crippen molar-refractivity contribution in [1.29, 1.82) is 0 Å². The summed E-state index contributed by atoms with van der Waals surface area (Å²) in [5.41, 5.74) is 3.91. The van der Waals surface area contributed by atoms with Crippen molar-refractivity contribution in [2.24, 2.45) is 0 Å². The lowest BCUT2D eigenvalue weighted by atomic mass is 10.1. The first-order valence-electron chi connectivity index (χ1n) is 9.88. The van der Waals surface area contributed by atoms with E-state index in [2.05, 4.69) is 21.0 Å². The maximum atomic E-state index is 13.7. The van der Waals surface area contributed by atoms with Crippen LogP contribution in [-0.4, -0.2) is 50.2 Å². The molecule has 0 bridgehead atoms. The van der Waals surface area contributed by atoms with Crippen LogP contribution in [0.5, 0.6) is 11.5 Å². The lowest BCUT2D eigenvalue weighted by Gasteiger charge is -2.12. The van der Waals surface area contributed by atoms with Crippen LogP contribution >= 0.6 is 0 Å². The molecule has 4 rings (SSSR count). The lowest BCUT2D eigenvalue weighted by molar-refractivity contribution is 0.240. The number of halogens is 1. The minimum absolute atomic E-state index is 0.346. The van der Waals surface area contributed by atoms with Gasteiger partial charge in [0, 0.05) is 36.3 Å². The smallest absolute Gasteiger partial charge is 0.342 e. The number of carbonyl (C=O) groups excluding carboxylic acids is 1. The molecule has 3 N–H and O–H groups in total. The molecule has 162 valence electrons. The zero-order valence-corrected chi connectivity index (χ0v) is 17.6. The fraction of sp³-hybridized carbons (Fsp3) is 0.273. The SMILES string of the molecule is CNCCNC(=O)n1nc(Nc2cccc(F)c2)c2c1-c1cc(OC)c(OC)cc1C2. The first-order chi connectivity index (χ1) is 15.0. The van der Waals surface area contributed by atoms with Gasteiger partial charge in [-0.2, -0.15) is 4.68 Å². The van der Waals surface area contributed by atoms with E-state index in [0.29, 0.717) is 48.2 Å². The molecule has 0 saturated heterocycles. The number of ether oxygens (including phenoxy) is 2. The molecular weight excluding hydrogens is 401 g/mol. The number of hydrogen-bond donors (Lipinski definition) is 3. The molecule has 8 nitrogen and oxygen atoms in total. The fourth-order valence-electron chi connectivity index (χ4n) is 3.69. The van der Waals surface area contributed by atoms with E-state index in [1.165, 1.54) is 16.8 Å². The Hall–Kier alpha value is -3.59. The molecule has 1 aromatic heterocycles. The van der Waals surface area contributed by atoms with Gasteiger partial charge >= 0.3 is 6.03 Å². The monoisotopic (exact) mass is 425 g/mol. The van der Waals surface area contributed by atoms with Crippen LogP contribution in [0, 0.1) is 5.82 Å². The van der Waals surface area contributed by atoms with Crippen LogP contribution in [0.4, 0.5) is 20.7 Å². The number of carbonyl (C=O) groups is 1. The fourth-order valence-corrected chi connectivity index (χ4v) is 3.69. The predicted molar refractivity (Wildman–Crippen MR) is 116 cm³/mol. The maximum Gasteiger partial charge on any atom is 0.342 e. The van der Waals surface area contributed by atoms with Gasteiger partial charge in [-0.1, -0.05) is 6.07 Å². The summed E-state index contributed by atoms with van der Waals surface area (Å²) in [6.45, 7) is 1.08. The molecule has 31 heavy (non-hydrogen) atoms. The highest BCUT2D eigenvalue weighted by Gasteiger charge is 2.31. The van der Waals surface area contributed by atoms with E-state index < -0.39 is 0 Å². The van der Waals surface area contributed by atoms with Gasteiger partial charge in [0.25, 0.3) is 0 Å². The summed E-state index contributed by atoms with van der Waals surface area (Å²) in [6, 6.07) is 9.53. The summed E-state index contributed by atoms with van der Waals surface area (Å²) in [7, 11) is 4.97. The Labute approximate surface area is 179 Å². The van der Waals surface area contributed by atoms with E-state index in [1.54, 1.807) is 26.4 Å². The van der Waals surface area contributed by atoms with Gasteiger partial charge in [-0.15, -0.1) is 5.10 Å². The number of fused-ring (bicyclic) bond motifs is 3. The van der Waals surface area contributed by atoms with E-state index in [1.807, 2.05) is 19.2 Å². The van der Waals surface area contributed by atoms with Gasteiger partial charge in [-0.3, -0.25) is 0 Å². The summed E-state index contributed by atoms with van der Waals surface area (Å²) < 4.78 is 25.9. The zero-order valence-electron chi connectivity index (χ0n) is 17.6. The minimum atomic E-state index is -0.358. The number of nitrogens with zero attached hydrogens (tertiary/aromatic N) is 2. The molecule has 0 fully saturated rings. The van der Waals surface area contributed by atoms with E-state index in [0.717, 1.165) is 16.7 Å². The third-order valence-electron chi connectivity index (χ3n) is 5.15. The Kier molecular flexibility index (Phi) is 5.77. The highest BCUT2D eigenvalue weighted by molar-refractivity contribution is 5.90. The number of likely N-dealkylation sites (N-methyl/N-ethyl adjacent to an activating group) is 1. The summed E-state index contributed by atoms with van der Waals surface area (Å²) in [6.07, 6.45) is 0.548. The van der Waals surface area contributed by atoms with Gasteiger partial charge in [0.05, 0.1) is 19.9 Å². The Balaban J connectivity index is 1.79. The second-order valence-corrected chi connectivity index (χ2v) is 7.10. The Morgan fingerprint density at radius 2 is 1.94 bits per heavy atom. The number of aromatic nitrogens is 2. The highest BCUT2D eigenvalue weighted by Crippen LogP contribution is 2.45. The lowest BCUT2D eigenvalue weighted by Crippen LogP contribution is -2.34. The largest absolute Gasteiger partial charge is 0.493 e. The van der Waals surface area contributed by atoms with Crippen molar-refractivity contribution >= 4 is 17.5 Å². The zero-order chi connectivity index (χ0) is 22.0. The van der Waals surface area contributed by atoms with E-state index >= 15 is 0 Å². The third kappa shape index (κ3) is 3.91. The topological polar surface area (TPSA) is 89.4 Å². The van der Waals surface area contributed by atoms with Gasteiger partial charge in [0.15, 0.2) is 17.3 Å². The van der Waals surface area contributed by atoms with Crippen LogP contribution in [0.25, 0.3) is 11.3 Å². The Morgan fingerprint density at radius 3 is 2.65 bits per heavy atom. The number of rotatable bonds is 7. The van der Waals surface area contributed by atoms with Gasteiger partial charge in [-0.05, 0) is 42.9 Å². The van der Waals surface area contributed by atoms with Crippen LogP contribution < -0.4 is 25.4 Å². The normalized spacial score (nSPS) is 11.6. The van der Waals surface area contributed by atoms with Gasteiger partial charge in [0.1, 0.15) is 5.82 Å². The van der Waals surface area contributed by atoms with Crippen molar-refractivity contribution < 1.29 is 18.7 Å². The summed E-state index contributed by atoms with van der Waals surface area (Å²) in [5.74, 6) is 1.32. The molecule has 0 spiro atoms. The molecule has 0 saturated carbocycles. The van der Waals surface area contributed by atoms with Crippen molar-refractivity contribution in [3.63, 3.8) is 0 Å². The molecule has 0 radical (unpaired) electrons. The standard InChI is InChI=1S/C22H24FN5O3/c1-24-7-8-25-22(29)28-20-16-12-19(31-3)18(30-2)10-13(16)9-17(20)21(27-28)26-15-6-4-5-14(23)11-15/h4-6,10-12,24H,7-9H2,1-3H3,(H,25,29)(H,26,27). The molecule has 0 atom stereocenters. The summed E-state index contributed by atoms with van der Waals surface area (Å²) in [5, 5.41) is 13.5. The maximum absolute atomic E-state index is 13.7. The molecule has 0 unspecified atom stereocenters. The first-order valence-corrected chi connectivity index (χ1v) is 9.88. The second-order valence-electron chi connectivity index (χ2n) is 7.10. The number of hydrogen-bond acceptors (Lipinski definition) is 6. The van der Waals surface area contributed by atoms with E-state index in [-0.39, 0.29) is 11.8 Å². The molecular formula is C22H24FN5O3. The molecule has 1 amide bonds. The number of benzene rings is 2. The molecule has 1 heterocycles. The number of amides is 1. The quantitative estimate of drug-likeness (QED) is 0.394. The van der Waals surface area contributed by atoms with E-state index in [9.17, 15) is 9.18 Å².